The topological polar surface area (TPSA) is 41.8 Å². The lowest BCUT2D eigenvalue weighted by Crippen LogP contribution is -2.36. The van der Waals surface area contributed by atoms with Crippen molar-refractivity contribution < 1.29 is 9.94 Å². The summed E-state index contributed by atoms with van der Waals surface area (Å²) >= 11 is 0. The maximum absolute atomic E-state index is 10.7. The van der Waals surface area contributed by atoms with Gasteiger partial charge in [-0.25, -0.2) is 0 Å². The van der Waals surface area contributed by atoms with Gasteiger partial charge in [-0.1, -0.05) is 65.8 Å². The number of rotatable bonds is 3. The van der Waals surface area contributed by atoms with E-state index in [0.717, 1.165) is 11.1 Å². The number of hydrogen-bond donors (Lipinski definition) is 1. The van der Waals surface area contributed by atoms with Crippen LogP contribution in [0.5, 0.6) is 0 Å². The number of nitrogens with zero attached hydrogens (tertiary/aromatic N) is 1. The average molecular weight is 253 g/mol. The van der Waals surface area contributed by atoms with Crippen LogP contribution in [-0.2, 0) is 4.84 Å². The molecule has 2 aromatic rings. The Morgan fingerprint density at radius 1 is 0.947 bits per heavy atom. The summed E-state index contributed by atoms with van der Waals surface area (Å²) < 4.78 is 0. The lowest BCUT2D eigenvalue weighted by Gasteiger charge is -2.30. The molecule has 1 unspecified atom stereocenters. The first-order valence-corrected chi connectivity index (χ1v) is 6.32. The van der Waals surface area contributed by atoms with Gasteiger partial charge in [-0.3, -0.25) is 0 Å². The Hall–Kier alpha value is -2.13. The van der Waals surface area contributed by atoms with Gasteiger partial charge in [0, 0.05) is 0 Å². The Balaban J connectivity index is 2.06. The van der Waals surface area contributed by atoms with Crippen LogP contribution >= 0.6 is 0 Å². The van der Waals surface area contributed by atoms with E-state index in [1.54, 1.807) is 6.21 Å². The zero-order valence-electron chi connectivity index (χ0n) is 10.4. The van der Waals surface area contributed by atoms with Crippen LogP contribution < -0.4 is 0 Å². The smallest absolute Gasteiger partial charge is 0.250 e. The standard InChI is InChI=1S/C16H15NO2/c18-16(11-12-17-19-16)15(13-7-3-1-4-8-13)14-9-5-2-6-10-14/h1-10,12,15,18H,11H2. The summed E-state index contributed by atoms with van der Waals surface area (Å²) in [4.78, 5) is 5.24. The maximum atomic E-state index is 10.7. The molecular formula is C16H15NO2. The number of oxime groups is 1. The van der Waals surface area contributed by atoms with Crippen molar-refractivity contribution in [3.05, 3.63) is 71.8 Å². The molecule has 0 saturated carbocycles. The molecule has 0 bridgehead atoms. The van der Waals surface area contributed by atoms with Crippen molar-refractivity contribution >= 4 is 6.21 Å². The molecular weight excluding hydrogens is 238 g/mol. The van der Waals surface area contributed by atoms with E-state index in [1.807, 2.05) is 60.7 Å². The number of aliphatic hydroxyl groups is 1. The van der Waals surface area contributed by atoms with Gasteiger partial charge in [-0.15, -0.1) is 0 Å². The molecule has 2 aromatic carbocycles. The lowest BCUT2D eigenvalue weighted by atomic mass is 9.83. The van der Waals surface area contributed by atoms with Crippen LogP contribution in [0.1, 0.15) is 23.5 Å². The Labute approximate surface area is 112 Å². The molecule has 0 spiro atoms. The molecule has 1 aliphatic heterocycles. The molecule has 0 aliphatic carbocycles. The highest BCUT2D eigenvalue weighted by Gasteiger charge is 2.43. The van der Waals surface area contributed by atoms with E-state index < -0.39 is 5.79 Å². The third kappa shape index (κ3) is 2.25. The summed E-state index contributed by atoms with van der Waals surface area (Å²) in [7, 11) is 0. The first kappa shape index (κ1) is 11.9. The first-order chi connectivity index (χ1) is 9.30. The molecule has 1 aliphatic rings. The minimum absolute atomic E-state index is 0.252. The highest BCUT2D eigenvalue weighted by atomic mass is 16.7. The summed E-state index contributed by atoms with van der Waals surface area (Å²) in [5, 5.41) is 14.4. The Morgan fingerprint density at radius 3 is 1.89 bits per heavy atom. The second kappa shape index (κ2) is 4.86. The van der Waals surface area contributed by atoms with Crippen LogP contribution in [0, 0.1) is 0 Å². The van der Waals surface area contributed by atoms with Gasteiger partial charge in [0.2, 0.25) is 0 Å². The molecule has 0 amide bonds. The third-order valence-corrected chi connectivity index (χ3v) is 3.39. The van der Waals surface area contributed by atoms with Gasteiger partial charge >= 0.3 is 0 Å². The van der Waals surface area contributed by atoms with Crippen LogP contribution in [-0.4, -0.2) is 17.1 Å². The molecule has 1 heterocycles. The molecule has 0 saturated heterocycles. The van der Waals surface area contributed by atoms with E-state index in [0.29, 0.717) is 6.42 Å². The predicted molar refractivity (Wildman–Crippen MR) is 73.9 cm³/mol. The highest BCUT2D eigenvalue weighted by molar-refractivity contribution is 5.60. The predicted octanol–water partition coefficient (Wildman–Crippen LogP) is 2.91. The van der Waals surface area contributed by atoms with Crippen molar-refractivity contribution in [2.24, 2.45) is 5.16 Å². The van der Waals surface area contributed by atoms with Crippen molar-refractivity contribution in [3.63, 3.8) is 0 Å². The molecule has 3 rings (SSSR count). The molecule has 1 N–H and O–H groups in total. The van der Waals surface area contributed by atoms with Crippen molar-refractivity contribution in [1.29, 1.82) is 0 Å². The fourth-order valence-electron chi connectivity index (χ4n) is 2.51. The summed E-state index contributed by atoms with van der Waals surface area (Å²) in [5.41, 5.74) is 2.03. The fraction of sp³-hybridized carbons (Fsp3) is 0.188. The summed E-state index contributed by atoms with van der Waals surface area (Å²) in [6.45, 7) is 0. The second-order valence-corrected chi connectivity index (χ2v) is 4.68. The van der Waals surface area contributed by atoms with Crippen LogP contribution in [0.4, 0.5) is 0 Å². The van der Waals surface area contributed by atoms with E-state index in [-0.39, 0.29) is 5.92 Å². The molecule has 96 valence electrons. The van der Waals surface area contributed by atoms with Crippen molar-refractivity contribution in [3.8, 4) is 0 Å². The summed E-state index contributed by atoms with van der Waals surface area (Å²) in [6.07, 6.45) is 2.00. The number of benzene rings is 2. The van der Waals surface area contributed by atoms with E-state index in [4.69, 9.17) is 4.84 Å². The van der Waals surface area contributed by atoms with Gasteiger partial charge in [0.1, 0.15) is 0 Å². The average Bonchev–Trinajstić information content (AvgIpc) is 2.89. The highest BCUT2D eigenvalue weighted by Crippen LogP contribution is 2.39. The first-order valence-electron chi connectivity index (χ1n) is 6.32. The van der Waals surface area contributed by atoms with Gasteiger partial charge < -0.3 is 9.94 Å². The number of hydrogen-bond acceptors (Lipinski definition) is 3. The maximum Gasteiger partial charge on any atom is 0.250 e. The minimum atomic E-state index is -1.30. The molecule has 3 heteroatoms. The van der Waals surface area contributed by atoms with Crippen LogP contribution in [0.2, 0.25) is 0 Å². The summed E-state index contributed by atoms with van der Waals surface area (Å²) in [6, 6.07) is 19.8. The van der Waals surface area contributed by atoms with Gasteiger partial charge in [-0.05, 0) is 11.1 Å². The molecule has 0 fully saturated rings. The quantitative estimate of drug-likeness (QED) is 0.913. The minimum Gasteiger partial charge on any atom is -0.359 e. The van der Waals surface area contributed by atoms with Crippen LogP contribution in [0.25, 0.3) is 0 Å². The van der Waals surface area contributed by atoms with Crippen molar-refractivity contribution in [1.82, 2.24) is 0 Å². The van der Waals surface area contributed by atoms with E-state index in [1.165, 1.54) is 0 Å². The van der Waals surface area contributed by atoms with Crippen LogP contribution in [0.15, 0.2) is 65.8 Å². The second-order valence-electron chi connectivity index (χ2n) is 4.68. The lowest BCUT2D eigenvalue weighted by molar-refractivity contribution is -0.194. The zero-order chi connectivity index (χ0) is 13.1. The van der Waals surface area contributed by atoms with Gasteiger partial charge in [0.05, 0.1) is 18.6 Å². The summed E-state index contributed by atoms with van der Waals surface area (Å²) in [5.74, 6) is -1.56. The Bertz CT molecular complexity index is 518. The Morgan fingerprint density at radius 2 is 1.47 bits per heavy atom. The fourth-order valence-corrected chi connectivity index (χ4v) is 2.51. The molecule has 0 aromatic heterocycles. The van der Waals surface area contributed by atoms with Crippen molar-refractivity contribution in [2.45, 2.75) is 18.1 Å². The van der Waals surface area contributed by atoms with E-state index in [9.17, 15) is 5.11 Å². The zero-order valence-corrected chi connectivity index (χ0v) is 10.4. The SMILES string of the molecule is OC1(C(c2ccccc2)c2ccccc2)CC=NO1. The Kier molecular flexibility index (Phi) is 3.05. The molecule has 1 atom stereocenters. The monoisotopic (exact) mass is 253 g/mol. The van der Waals surface area contributed by atoms with Gasteiger partial charge in [-0.2, -0.15) is 0 Å². The van der Waals surface area contributed by atoms with E-state index >= 15 is 0 Å². The largest absolute Gasteiger partial charge is 0.359 e. The van der Waals surface area contributed by atoms with E-state index in [2.05, 4.69) is 5.16 Å². The van der Waals surface area contributed by atoms with Crippen molar-refractivity contribution in [2.75, 3.05) is 0 Å². The molecule has 19 heavy (non-hydrogen) atoms. The normalized spacial score (nSPS) is 21.6. The van der Waals surface area contributed by atoms with Gasteiger partial charge in [0.15, 0.2) is 0 Å². The molecule has 0 radical (unpaired) electrons. The van der Waals surface area contributed by atoms with Crippen LogP contribution in [0.3, 0.4) is 0 Å². The molecule has 3 nitrogen and oxygen atoms in total. The third-order valence-electron chi connectivity index (χ3n) is 3.39. The van der Waals surface area contributed by atoms with Gasteiger partial charge in [0.25, 0.3) is 5.79 Å².